The Labute approximate surface area is 449 Å². The van der Waals surface area contributed by atoms with Gasteiger partial charge in [-0.25, -0.2) is 0 Å². The Morgan fingerprint density at radius 1 is 0.479 bits per heavy atom. The van der Waals surface area contributed by atoms with Gasteiger partial charge in [0, 0.05) is 30.7 Å². The van der Waals surface area contributed by atoms with Crippen molar-refractivity contribution in [1.82, 2.24) is 0 Å². The van der Waals surface area contributed by atoms with Crippen molar-refractivity contribution in [2.24, 2.45) is 0 Å². The molecule has 0 radical (unpaired) electrons. The summed E-state index contributed by atoms with van der Waals surface area (Å²) >= 11 is 0.989. The van der Waals surface area contributed by atoms with Crippen molar-refractivity contribution >= 4 is 31.6 Å². The topological polar surface area (TPSA) is 221 Å². The zero-order chi connectivity index (χ0) is 53.6. The first-order valence-corrected chi connectivity index (χ1v) is 32.7. The Balaban J connectivity index is 2.77. The summed E-state index contributed by atoms with van der Waals surface area (Å²) in [5.41, 5.74) is 0. The average molecular weight is 1080 g/mol. The minimum Gasteiger partial charge on any atom is -0.462 e. The Morgan fingerprint density at radius 2 is 0.836 bits per heavy atom. The smallest absolute Gasteiger partial charge is 0.325 e. The summed E-state index contributed by atoms with van der Waals surface area (Å²) in [5, 5.41) is 52.1. The largest absolute Gasteiger partial charge is 0.462 e. The van der Waals surface area contributed by atoms with Gasteiger partial charge in [0.2, 0.25) is 0 Å². The molecule has 4 unspecified atom stereocenters. The van der Waals surface area contributed by atoms with Crippen molar-refractivity contribution in [3.05, 3.63) is 12.2 Å². The van der Waals surface area contributed by atoms with Gasteiger partial charge in [0.25, 0.3) is 0 Å². The highest BCUT2D eigenvalue weighted by atomic mass is 32.2. The van der Waals surface area contributed by atoms with Crippen molar-refractivity contribution in [1.29, 1.82) is 0 Å². The third kappa shape index (κ3) is 40.8. The van der Waals surface area contributed by atoms with Crippen LogP contribution in [0.1, 0.15) is 284 Å². The molecular formula is C58H111O13PS. The lowest BCUT2D eigenvalue weighted by molar-refractivity contribution is -0.214. The molecule has 1 aliphatic rings. The minimum absolute atomic E-state index is 0.0282. The maximum atomic E-state index is 13.3. The fourth-order valence-electron chi connectivity index (χ4n) is 9.69. The third-order valence-electron chi connectivity index (χ3n) is 14.5. The Kier molecular flexibility index (Phi) is 46.1. The molecule has 1 saturated carbocycles. The van der Waals surface area contributed by atoms with Crippen molar-refractivity contribution in [3.8, 4) is 0 Å². The van der Waals surface area contributed by atoms with E-state index in [0.717, 1.165) is 128 Å². The van der Waals surface area contributed by atoms with Gasteiger partial charge in [-0.3, -0.25) is 14.2 Å². The zero-order valence-corrected chi connectivity index (χ0v) is 48.0. The minimum atomic E-state index is -3.89. The molecule has 1 aliphatic carbocycles. The molecule has 432 valence electrons. The normalized spacial score (nSPS) is 20.2. The predicted molar refractivity (Wildman–Crippen MR) is 298 cm³/mol. The van der Waals surface area contributed by atoms with Crippen LogP contribution in [0.15, 0.2) is 12.2 Å². The molecule has 0 bridgehead atoms. The van der Waals surface area contributed by atoms with E-state index < -0.39 is 50.3 Å². The number of rotatable bonds is 52. The van der Waals surface area contributed by atoms with Crippen LogP contribution in [0.4, 0.5) is 0 Å². The summed E-state index contributed by atoms with van der Waals surface area (Å²) in [6.45, 7) is 4.40. The van der Waals surface area contributed by atoms with Crippen molar-refractivity contribution < 1.29 is 63.1 Å². The molecule has 15 heteroatoms. The maximum Gasteiger partial charge on any atom is 0.325 e. The molecule has 73 heavy (non-hydrogen) atoms. The van der Waals surface area contributed by atoms with E-state index in [0.29, 0.717) is 19.3 Å². The summed E-state index contributed by atoms with van der Waals surface area (Å²) in [7, 11) is -3.89. The van der Waals surface area contributed by atoms with Crippen LogP contribution in [0.25, 0.3) is 0 Å². The third-order valence-corrected chi connectivity index (χ3v) is 16.4. The van der Waals surface area contributed by atoms with Gasteiger partial charge < -0.3 is 49.0 Å². The molecule has 13 nitrogen and oxygen atoms in total. The first kappa shape index (κ1) is 70.0. The first-order chi connectivity index (χ1) is 35.3. The molecule has 0 aliphatic heterocycles. The molecule has 0 aromatic carbocycles. The van der Waals surface area contributed by atoms with Crippen LogP contribution in [0, 0.1) is 0 Å². The van der Waals surface area contributed by atoms with Crippen LogP contribution in [0.5, 0.6) is 0 Å². The van der Waals surface area contributed by atoms with E-state index in [1.807, 2.05) is 0 Å². The van der Waals surface area contributed by atoms with Crippen molar-refractivity contribution in [2.45, 2.75) is 331 Å². The Hall–Kier alpha value is -1.06. The van der Waals surface area contributed by atoms with Crippen LogP contribution >= 0.6 is 19.6 Å². The second kappa shape index (κ2) is 48.1. The quantitative estimate of drug-likeness (QED) is 0.00991. The summed E-state index contributed by atoms with van der Waals surface area (Å²) in [6, 6.07) is 0. The number of hydrogen-bond acceptors (Lipinski definition) is 12. The molecule has 0 aromatic rings. The number of unbranched alkanes of at least 4 members (excludes halogenated alkanes) is 34. The zero-order valence-electron chi connectivity index (χ0n) is 46.3. The number of allylic oxidation sites excluding steroid dienone is 2. The second-order valence-electron chi connectivity index (χ2n) is 21.5. The fourth-order valence-corrected chi connectivity index (χ4v) is 11.4. The molecule has 0 aromatic heterocycles. The van der Waals surface area contributed by atoms with Crippen LogP contribution in [0.3, 0.4) is 0 Å². The van der Waals surface area contributed by atoms with Gasteiger partial charge in [-0.05, 0) is 63.4 Å². The van der Waals surface area contributed by atoms with Crippen LogP contribution in [-0.4, -0.2) is 108 Å². The van der Waals surface area contributed by atoms with E-state index in [1.54, 1.807) is 0 Å². The van der Waals surface area contributed by atoms with Gasteiger partial charge in [0.15, 0.2) is 0 Å². The van der Waals surface area contributed by atoms with Gasteiger partial charge in [0.1, 0.15) is 49.3 Å². The molecule has 0 amide bonds. The van der Waals surface area contributed by atoms with Gasteiger partial charge in [-0.2, -0.15) is 0 Å². The fraction of sp³-hybridized carbons (Fsp3) is 0.931. The van der Waals surface area contributed by atoms with Crippen LogP contribution in [0.2, 0.25) is 0 Å². The summed E-state index contributed by atoms with van der Waals surface area (Å²) in [6.07, 6.45) is 38.1. The van der Waals surface area contributed by atoms with E-state index in [4.69, 9.17) is 23.4 Å². The van der Waals surface area contributed by atoms with Gasteiger partial charge in [-0.1, -0.05) is 225 Å². The molecule has 8 atom stereocenters. The number of carbonyl (C=O) groups is 2. The Bertz CT molecular complexity index is 1340. The lowest BCUT2D eigenvalue weighted by atomic mass is 9.85. The van der Waals surface area contributed by atoms with E-state index in [2.05, 4.69) is 26.0 Å². The number of ether oxygens (including phenoxy) is 2. The lowest BCUT2D eigenvalue weighted by Gasteiger charge is -2.41. The van der Waals surface area contributed by atoms with Gasteiger partial charge >= 0.3 is 19.5 Å². The van der Waals surface area contributed by atoms with Crippen LogP contribution in [-0.2, 0) is 27.8 Å². The SMILES string of the molecule is CCCCCCCCCCCCCCCC(=O)OCC(CC(CCCCCC/C=C\CCCCCCCCP(=O)(O)O)SOC1[C@@H](O)[C@H](O)C(O)[C@H](O)[C@@H]1O)OC(=O)CCCCCCCCCCCCCCC. The molecule has 0 heterocycles. The number of hydrogen-bond donors (Lipinski definition) is 7. The monoisotopic (exact) mass is 1080 g/mol. The highest BCUT2D eigenvalue weighted by Gasteiger charge is 2.49. The predicted octanol–water partition coefficient (Wildman–Crippen LogP) is 13.8. The maximum absolute atomic E-state index is 13.3. The molecule has 1 rings (SSSR count). The van der Waals surface area contributed by atoms with Gasteiger partial charge in [-0.15, -0.1) is 0 Å². The van der Waals surface area contributed by atoms with Crippen molar-refractivity contribution in [2.75, 3.05) is 12.8 Å². The van der Waals surface area contributed by atoms with Crippen molar-refractivity contribution in [3.63, 3.8) is 0 Å². The second-order valence-corrected chi connectivity index (χ2v) is 24.3. The molecule has 1 fully saturated rings. The van der Waals surface area contributed by atoms with E-state index in [9.17, 15) is 39.7 Å². The summed E-state index contributed by atoms with van der Waals surface area (Å²) < 4.78 is 28.8. The van der Waals surface area contributed by atoms with E-state index in [-0.39, 0.29) is 42.8 Å². The van der Waals surface area contributed by atoms with E-state index in [1.165, 1.54) is 122 Å². The number of aliphatic hydroxyl groups is 5. The average Bonchev–Trinajstić information content (AvgIpc) is 3.36. The number of carbonyl (C=O) groups excluding carboxylic acids is 2. The molecule has 0 spiro atoms. The molecular weight excluding hydrogens is 968 g/mol. The summed E-state index contributed by atoms with van der Waals surface area (Å²) in [4.78, 5) is 44.4. The number of esters is 2. The molecule has 7 N–H and O–H groups in total. The van der Waals surface area contributed by atoms with E-state index >= 15 is 0 Å². The lowest BCUT2D eigenvalue weighted by Crippen LogP contribution is -2.63. The van der Waals surface area contributed by atoms with Crippen LogP contribution < -0.4 is 0 Å². The highest BCUT2D eigenvalue weighted by Crippen LogP contribution is 2.36. The molecule has 0 saturated heterocycles. The Morgan fingerprint density at radius 3 is 1.26 bits per heavy atom. The highest BCUT2D eigenvalue weighted by molar-refractivity contribution is 7.95. The first-order valence-electron chi connectivity index (χ1n) is 30.1. The van der Waals surface area contributed by atoms with Gasteiger partial charge in [0.05, 0.1) is 0 Å². The summed E-state index contributed by atoms with van der Waals surface area (Å²) in [5.74, 6) is -0.661. The standard InChI is InChI=1S/C58H111O13PS/c1-3-5-7-9-11-13-15-19-24-28-32-36-40-44-51(59)69-48-49(70-52(60)45-41-37-33-29-25-20-16-14-12-10-8-6-4-2)47-50(73-71-58-56(64)54(62)53(61)55(63)57(58)65)43-39-35-31-27-23-21-17-18-22-26-30-34-38-42-46-72(66,67)68/h17,21,49-50,53-58,61-65H,3-16,18-20,22-48H2,1-2H3,(H2,66,67,68)/b21-17-/t49?,50?,53?,54-,55+,56-,57-,58?/m0/s1. The number of aliphatic hydroxyl groups excluding tert-OH is 5.